The minimum absolute atomic E-state index is 0.212. The lowest BCUT2D eigenvalue weighted by Gasteiger charge is -2.16. The molecule has 1 aliphatic heterocycles. The molecule has 21 heavy (non-hydrogen) atoms. The van der Waals surface area contributed by atoms with Crippen LogP contribution < -0.4 is 9.47 Å². The Morgan fingerprint density at radius 3 is 2.71 bits per heavy atom. The molecule has 0 radical (unpaired) electrons. The molecule has 0 unspecified atom stereocenters. The summed E-state index contributed by atoms with van der Waals surface area (Å²) in [5.74, 6) is 1.65. The molecule has 3 rings (SSSR count). The third-order valence-corrected chi connectivity index (χ3v) is 4.39. The summed E-state index contributed by atoms with van der Waals surface area (Å²) in [4.78, 5) is 14.2. The van der Waals surface area contributed by atoms with E-state index in [1.807, 2.05) is 12.1 Å². The fourth-order valence-electron chi connectivity index (χ4n) is 3.20. The molecule has 1 heterocycles. The number of aryl methyl sites for hydroxylation is 1. The SMILES string of the molecule is COc1cc2c(cc1OCCCN1CCCC1)CCC2=O. The monoisotopic (exact) mass is 289 g/mol. The van der Waals surface area contributed by atoms with Crippen LogP contribution in [-0.2, 0) is 6.42 Å². The van der Waals surface area contributed by atoms with Crippen LogP contribution in [0.2, 0.25) is 0 Å². The molecule has 0 N–H and O–H groups in total. The number of likely N-dealkylation sites (tertiary alicyclic amines) is 1. The second-order valence-corrected chi connectivity index (χ2v) is 5.83. The van der Waals surface area contributed by atoms with Gasteiger partial charge in [0.05, 0.1) is 13.7 Å². The molecule has 1 saturated heterocycles. The zero-order valence-electron chi connectivity index (χ0n) is 12.7. The number of benzene rings is 1. The average Bonchev–Trinajstić information content (AvgIpc) is 3.13. The van der Waals surface area contributed by atoms with Crippen LogP contribution in [0.1, 0.15) is 41.6 Å². The number of methoxy groups -OCH3 is 1. The first-order chi connectivity index (χ1) is 10.3. The van der Waals surface area contributed by atoms with Crippen LogP contribution in [0.25, 0.3) is 0 Å². The molecule has 4 nitrogen and oxygen atoms in total. The zero-order valence-corrected chi connectivity index (χ0v) is 12.7. The first kappa shape index (κ1) is 14.4. The summed E-state index contributed by atoms with van der Waals surface area (Å²) in [7, 11) is 1.62. The first-order valence-corrected chi connectivity index (χ1v) is 7.87. The van der Waals surface area contributed by atoms with Crippen molar-refractivity contribution in [1.82, 2.24) is 4.90 Å². The topological polar surface area (TPSA) is 38.8 Å². The van der Waals surface area contributed by atoms with E-state index >= 15 is 0 Å². The van der Waals surface area contributed by atoms with Gasteiger partial charge in [0.15, 0.2) is 17.3 Å². The highest BCUT2D eigenvalue weighted by molar-refractivity contribution is 6.01. The summed E-state index contributed by atoms with van der Waals surface area (Å²) >= 11 is 0. The van der Waals surface area contributed by atoms with Crippen molar-refractivity contribution in [3.05, 3.63) is 23.3 Å². The lowest BCUT2D eigenvalue weighted by atomic mass is 10.1. The number of ketones is 1. The first-order valence-electron chi connectivity index (χ1n) is 7.87. The van der Waals surface area contributed by atoms with Crippen LogP contribution in [-0.4, -0.2) is 44.0 Å². The molecular weight excluding hydrogens is 266 g/mol. The van der Waals surface area contributed by atoms with Crippen molar-refractivity contribution in [3.63, 3.8) is 0 Å². The van der Waals surface area contributed by atoms with E-state index in [1.165, 1.54) is 25.9 Å². The van der Waals surface area contributed by atoms with Crippen molar-refractivity contribution in [2.24, 2.45) is 0 Å². The van der Waals surface area contributed by atoms with Crippen LogP contribution in [0.15, 0.2) is 12.1 Å². The normalized spacial score (nSPS) is 18.0. The minimum atomic E-state index is 0.212. The standard InChI is InChI=1S/C17H23NO3/c1-20-16-12-14-13(5-6-15(14)19)11-17(16)21-10-4-9-18-7-2-3-8-18/h11-12H,2-10H2,1H3. The number of carbonyl (C=O) groups is 1. The van der Waals surface area contributed by atoms with Crippen LogP contribution in [0, 0.1) is 0 Å². The van der Waals surface area contributed by atoms with Crippen LogP contribution in [0.5, 0.6) is 11.5 Å². The van der Waals surface area contributed by atoms with Crippen LogP contribution in [0.4, 0.5) is 0 Å². The van der Waals surface area contributed by atoms with Crippen LogP contribution >= 0.6 is 0 Å². The summed E-state index contributed by atoms with van der Waals surface area (Å²) in [6.07, 6.45) is 5.11. The zero-order chi connectivity index (χ0) is 14.7. The van der Waals surface area contributed by atoms with Gasteiger partial charge in [-0.05, 0) is 56.5 Å². The van der Waals surface area contributed by atoms with Gasteiger partial charge in [0.2, 0.25) is 0 Å². The fraction of sp³-hybridized carbons (Fsp3) is 0.588. The van der Waals surface area contributed by atoms with Gasteiger partial charge < -0.3 is 14.4 Å². The highest BCUT2D eigenvalue weighted by Gasteiger charge is 2.22. The predicted molar refractivity (Wildman–Crippen MR) is 81.4 cm³/mol. The van der Waals surface area contributed by atoms with Crippen LogP contribution in [0.3, 0.4) is 0 Å². The lowest BCUT2D eigenvalue weighted by Crippen LogP contribution is -2.21. The molecule has 4 heteroatoms. The van der Waals surface area contributed by atoms with Gasteiger partial charge in [-0.3, -0.25) is 4.79 Å². The van der Waals surface area contributed by atoms with Gasteiger partial charge in [0.1, 0.15) is 0 Å². The fourth-order valence-corrected chi connectivity index (χ4v) is 3.20. The van der Waals surface area contributed by atoms with Crippen molar-refractivity contribution < 1.29 is 14.3 Å². The van der Waals surface area contributed by atoms with Crippen molar-refractivity contribution in [2.45, 2.75) is 32.1 Å². The van der Waals surface area contributed by atoms with E-state index < -0.39 is 0 Å². The second-order valence-electron chi connectivity index (χ2n) is 5.83. The number of Topliss-reactive ketones (excluding diaryl/α,β-unsaturated/α-hetero) is 1. The lowest BCUT2D eigenvalue weighted by molar-refractivity contribution is 0.0994. The van der Waals surface area contributed by atoms with Crippen molar-refractivity contribution in [2.75, 3.05) is 33.4 Å². The van der Waals surface area contributed by atoms with E-state index in [0.717, 1.165) is 36.3 Å². The molecule has 1 fully saturated rings. The van der Waals surface area contributed by atoms with Gasteiger partial charge in [-0.1, -0.05) is 0 Å². The van der Waals surface area contributed by atoms with E-state index in [2.05, 4.69) is 4.90 Å². The Kier molecular flexibility index (Phi) is 4.44. The molecule has 0 aromatic heterocycles. The van der Waals surface area contributed by atoms with Gasteiger partial charge in [-0.2, -0.15) is 0 Å². The molecule has 1 aromatic rings. The third kappa shape index (κ3) is 3.21. The Morgan fingerprint density at radius 2 is 1.95 bits per heavy atom. The Hall–Kier alpha value is -1.55. The van der Waals surface area contributed by atoms with E-state index in [1.54, 1.807) is 7.11 Å². The number of rotatable bonds is 6. The third-order valence-electron chi connectivity index (χ3n) is 4.39. The Balaban J connectivity index is 1.58. The van der Waals surface area contributed by atoms with E-state index in [0.29, 0.717) is 18.8 Å². The maximum atomic E-state index is 11.8. The highest BCUT2D eigenvalue weighted by atomic mass is 16.5. The largest absolute Gasteiger partial charge is 0.493 e. The number of carbonyl (C=O) groups excluding carboxylic acids is 1. The molecule has 114 valence electrons. The summed E-state index contributed by atoms with van der Waals surface area (Å²) in [6, 6.07) is 3.81. The molecule has 0 bridgehead atoms. The number of hydrogen-bond donors (Lipinski definition) is 0. The Labute approximate surface area is 126 Å². The summed E-state index contributed by atoms with van der Waals surface area (Å²) in [5.41, 5.74) is 1.90. The molecule has 0 saturated carbocycles. The van der Waals surface area contributed by atoms with Crippen molar-refractivity contribution in [1.29, 1.82) is 0 Å². The number of nitrogens with zero attached hydrogens (tertiary/aromatic N) is 1. The van der Waals surface area contributed by atoms with Crippen molar-refractivity contribution >= 4 is 5.78 Å². The highest BCUT2D eigenvalue weighted by Crippen LogP contribution is 2.35. The Morgan fingerprint density at radius 1 is 1.14 bits per heavy atom. The predicted octanol–water partition coefficient (Wildman–Crippen LogP) is 2.69. The molecule has 0 spiro atoms. The van der Waals surface area contributed by atoms with Gasteiger partial charge in [0, 0.05) is 18.5 Å². The van der Waals surface area contributed by atoms with E-state index in [4.69, 9.17) is 9.47 Å². The molecule has 1 aliphatic carbocycles. The van der Waals surface area contributed by atoms with Gasteiger partial charge in [0.25, 0.3) is 0 Å². The van der Waals surface area contributed by atoms with Crippen molar-refractivity contribution in [3.8, 4) is 11.5 Å². The average molecular weight is 289 g/mol. The number of hydrogen-bond acceptors (Lipinski definition) is 4. The van der Waals surface area contributed by atoms with E-state index in [9.17, 15) is 4.79 Å². The maximum absolute atomic E-state index is 11.8. The van der Waals surface area contributed by atoms with Gasteiger partial charge in [-0.25, -0.2) is 0 Å². The molecule has 2 aliphatic rings. The Bertz CT molecular complexity index is 521. The number of fused-ring (bicyclic) bond motifs is 1. The quantitative estimate of drug-likeness (QED) is 0.755. The van der Waals surface area contributed by atoms with E-state index in [-0.39, 0.29) is 5.78 Å². The minimum Gasteiger partial charge on any atom is -0.493 e. The summed E-state index contributed by atoms with van der Waals surface area (Å²) in [5, 5.41) is 0. The van der Waals surface area contributed by atoms with Gasteiger partial charge in [-0.15, -0.1) is 0 Å². The molecule has 0 atom stereocenters. The molecular formula is C17H23NO3. The van der Waals surface area contributed by atoms with Gasteiger partial charge >= 0.3 is 0 Å². The molecule has 0 amide bonds. The maximum Gasteiger partial charge on any atom is 0.163 e. The summed E-state index contributed by atoms with van der Waals surface area (Å²) < 4.78 is 11.2. The smallest absolute Gasteiger partial charge is 0.163 e. The molecule has 1 aromatic carbocycles. The number of ether oxygens (including phenoxy) is 2. The second kappa shape index (κ2) is 6.48. The summed E-state index contributed by atoms with van der Waals surface area (Å²) in [6.45, 7) is 4.25.